The van der Waals surface area contributed by atoms with Gasteiger partial charge in [0.2, 0.25) is 0 Å². The third kappa shape index (κ3) is 2.83. The molecule has 2 aromatic carbocycles. The summed E-state index contributed by atoms with van der Waals surface area (Å²) >= 11 is 0. The van der Waals surface area contributed by atoms with Crippen molar-refractivity contribution in [1.82, 2.24) is 0 Å². The fourth-order valence-corrected chi connectivity index (χ4v) is 2.30. The molecule has 110 valence electrons. The lowest BCUT2D eigenvalue weighted by atomic mass is 10.0. The summed E-state index contributed by atoms with van der Waals surface area (Å²) in [4.78, 5) is 0. The summed E-state index contributed by atoms with van der Waals surface area (Å²) in [6, 6.07) is 8.99. The van der Waals surface area contributed by atoms with E-state index in [1.165, 1.54) is 12.1 Å². The number of aliphatic hydroxyl groups is 1. The highest BCUT2D eigenvalue weighted by Gasteiger charge is 2.17. The van der Waals surface area contributed by atoms with Gasteiger partial charge in [-0.2, -0.15) is 0 Å². The number of rotatable bonds is 3. The van der Waals surface area contributed by atoms with E-state index < -0.39 is 17.7 Å². The van der Waals surface area contributed by atoms with Crippen LogP contribution in [-0.4, -0.2) is 18.3 Å². The molecule has 3 nitrogen and oxygen atoms in total. The molecule has 0 fully saturated rings. The molecule has 1 atom stereocenters. The minimum absolute atomic E-state index is 0.0107. The molecule has 0 spiro atoms. The van der Waals surface area contributed by atoms with Gasteiger partial charge in [-0.15, -0.1) is 0 Å². The van der Waals surface area contributed by atoms with E-state index in [1.54, 1.807) is 18.2 Å². The van der Waals surface area contributed by atoms with E-state index in [4.69, 9.17) is 9.47 Å². The Morgan fingerprint density at radius 3 is 2.62 bits per heavy atom. The van der Waals surface area contributed by atoms with Gasteiger partial charge in [0.1, 0.15) is 13.2 Å². The van der Waals surface area contributed by atoms with Crippen molar-refractivity contribution in [1.29, 1.82) is 0 Å². The fraction of sp³-hybridized carbons (Fsp3) is 0.250. The lowest BCUT2D eigenvalue weighted by Crippen LogP contribution is -2.15. The molecule has 21 heavy (non-hydrogen) atoms. The van der Waals surface area contributed by atoms with Gasteiger partial charge in [-0.25, -0.2) is 8.78 Å². The minimum atomic E-state index is -0.947. The van der Waals surface area contributed by atoms with Gasteiger partial charge in [-0.3, -0.25) is 0 Å². The largest absolute Gasteiger partial charge is 0.486 e. The first-order chi connectivity index (χ1) is 10.1. The summed E-state index contributed by atoms with van der Waals surface area (Å²) < 4.78 is 37.6. The fourth-order valence-electron chi connectivity index (χ4n) is 2.30. The zero-order valence-electron chi connectivity index (χ0n) is 11.2. The predicted molar refractivity (Wildman–Crippen MR) is 72.5 cm³/mol. The lowest BCUT2D eigenvalue weighted by Gasteiger charge is -2.20. The Hall–Kier alpha value is -2.14. The standard InChI is InChI=1S/C16H14F2O3/c17-12-3-1-2-11(16(12)18)8-13(19)10-4-5-14-15(9-10)21-7-6-20-14/h1-5,9,13,19H,6-8H2. The van der Waals surface area contributed by atoms with Crippen LogP contribution in [0.1, 0.15) is 17.2 Å². The van der Waals surface area contributed by atoms with E-state index in [2.05, 4.69) is 0 Å². The molecule has 5 heteroatoms. The molecule has 1 aliphatic heterocycles. The molecule has 0 amide bonds. The number of halogens is 2. The third-order valence-corrected chi connectivity index (χ3v) is 3.40. The Kier molecular flexibility index (Phi) is 3.75. The number of hydrogen-bond acceptors (Lipinski definition) is 3. The van der Waals surface area contributed by atoms with E-state index in [-0.39, 0.29) is 12.0 Å². The first-order valence-electron chi connectivity index (χ1n) is 6.65. The molecule has 0 bridgehead atoms. The van der Waals surface area contributed by atoms with Crippen LogP contribution in [-0.2, 0) is 6.42 Å². The van der Waals surface area contributed by atoms with Crippen molar-refractivity contribution in [3.05, 3.63) is 59.2 Å². The van der Waals surface area contributed by atoms with Gasteiger partial charge in [-0.1, -0.05) is 18.2 Å². The van der Waals surface area contributed by atoms with Crippen LogP contribution in [0, 0.1) is 11.6 Å². The number of fused-ring (bicyclic) bond motifs is 1. The van der Waals surface area contributed by atoms with Crippen LogP contribution in [0.3, 0.4) is 0 Å². The van der Waals surface area contributed by atoms with E-state index in [0.29, 0.717) is 30.3 Å². The van der Waals surface area contributed by atoms with Gasteiger partial charge in [-0.05, 0) is 29.3 Å². The zero-order valence-corrected chi connectivity index (χ0v) is 11.2. The van der Waals surface area contributed by atoms with Gasteiger partial charge in [0, 0.05) is 6.42 Å². The number of benzene rings is 2. The van der Waals surface area contributed by atoms with Crippen molar-refractivity contribution in [2.45, 2.75) is 12.5 Å². The molecule has 0 aliphatic carbocycles. The van der Waals surface area contributed by atoms with Crippen molar-refractivity contribution in [2.75, 3.05) is 13.2 Å². The molecule has 0 aromatic heterocycles. The molecule has 1 heterocycles. The average Bonchev–Trinajstić information content (AvgIpc) is 2.51. The molecule has 0 saturated heterocycles. The zero-order chi connectivity index (χ0) is 14.8. The Morgan fingerprint density at radius 2 is 1.81 bits per heavy atom. The Labute approximate surface area is 120 Å². The van der Waals surface area contributed by atoms with Crippen LogP contribution < -0.4 is 9.47 Å². The van der Waals surface area contributed by atoms with Crippen LogP contribution >= 0.6 is 0 Å². The van der Waals surface area contributed by atoms with E-state index in [9.17, 15) is 13.9 Å². The van der Waals surface area contributed by atoms with Gasteiger partial charge in [0.05, 0.1) is 6.10 Å². The van der Waals surface area contributed by atoms with Gasteiger partial charge in [0.25, 0.3) is 0 Å². The third-order valence-electron chi connectivity index (χ3n) is 3.40. The van der Waals surface area contributed by atoms with Crippen LogP contribution in [0.2, 0.25) is 0 Å². The quantitative estimate of drug-likeness (QED) is 0.945. The number of aliphatic hydroxyl groups excluding tert-OH is 1. The van der Waals surface area contributed by atoms with E-state index in [0.717, 1.165) is 6.07 Å². The second-order valence-electron chi connectivity index (χ2n) is 4.84. The Balaban J connectivity index is 1.82. The second kappa shape index (κ2) is 5.69. The van der Waals surface area contributed by atoms with Crippen LogP contribution in [0.25, 0.3) is 0 Å². The van der Waals surface area contributed by atoms with Gasteiger partial charge < -0.3 is 14.6 Å². The summed E-state index contributed by atoms with van der Waals surface area (Å²) in [7, 11) is 0. The van der Waals surface area contributed by atoms with Crippen LogP contribution in [0.5, 0.6) is 11.5 Å². The highest BCUT2D eigenvalue weighted by atomic mass is 19.2. The number of ether oxygens (including phenoxy) is 2. The maximum Gasteiger partial charge on any atom is 0.162 e. The Bertz CT molecular complexity index is 658. The van der Waals surface area contributed by atoms with Crippen molar-refractivity contribution in [2.24, 2.45) is 0 Å². The molecule has 0 saturated carbocycles. The maximum absolute atomic E-state index is 13.6. The van der Waals surface area contributed by atoms with Gasteiger partial charge >= 0.3 is 0 Å². The highest BCUT2D eigenvalue weighted by molar-refractivity contribution is 5.44. The molecule has 1 N–H and O–H groups in total. The molecular formula is C16H14F2O3. The molecular weight excluding hydrogens is 278 g/mol. The summed E-state index contributed by atoms with van der Waals surface area (Å²) in [5.74, 6) is -0.664. The SMILES string of the molecule is OC(Cc1cccc(F)c1F)c1ccc2c(c1)OCCO2. The smallest absolute Gasteiger partial charge is 0.162 e. The first-order valence-corrected chi connectivity index (χ1v) is 6.65. The summed E-state index contributed by atoms with van der Waals surface area (Å²) in [5, 5.41) is 10.2. The van der Waals surface area contributed by atoms with Crippen molar-refractivity contribution in [3.8, 4) is 11.5 Å². The average molecular weight is 292 g/mol. The molecule has 0 radical (unpaired) electrons. The van der Waals surface area contributed by atoms with E-state index in [1.807, 2.05) is 0 Å². The monoisotopic (exact) mass is 292 g/mol. The minimum Gasteiger partial charge on any atom is -0.486 e. The first kappa shape index (κ1) is 13.8. The summed E-state index contributed by atoms with van der Waals surface area (Å²) in [5.41, 5.74) is 0.709. The van der Waals surface area contributed by atoms with Crippen molar-refractivity contribution < 1.29 is 23.4 Å². The number of hydrogen-bond donors (Lipinski definition) is 1. The maximum atomic E-state index is 13.6. The van der Waals surface area contributed by atoms with Crippen molar-refractivity contribution in [3.63, 3.8) is 0 Å². The normalized spacial score (nSPS) is 14.8. The topological polar surface area (TPSA) is 38.7 Å². The lowest BCUT2D eigenvalue weighted by molar-refractivity contribution is 0.164. The molecule has 3 rings (SSSR count). The van der Waals surface area contributed by atoms with Gasteiger partial charge in [0.15, 0.2) is 23.1 Å². The van der Waals surface area contributed by atoms with Crippen LogP contribution in [0.4, 0.5) is 8.78 Å². The summed E-state index contributed by atoms with van der Waals surface area (Å²) in [6.07, 6.45) is -0.958. The molecule has 1 unspecified atom stereocenters. The van der Waals surface area contributed by atoms with Crippen molar-refractivity contribution >= 4 is 0 Å². The predicted octanol–water partition coefficient (Wildman–Crippen LogP) is 3.01. The Morgan fingerprint density at radius 1 is 1.05 bits per heavy atom. The molecule has 1 aliphatic rings. The highest BCUT2D eigenvalue weighted by Crippen LogP contribution is 2.33. The van der Waals surface area contributed by atoms with E-state index >= 15 is 0 Å². The summed E-state index contributed by atoms with van der Waals surface area (Å²) in [6.45, 7) is 0.939. The second-order valence-corrected chi connectivity index (χ2v) is 4.84. The van der Waals surface area contributed by atoms with Crippen LogP contribution in [0.15, 0.2) is 36.4 Å². The molecule has 2 aromatic rings.